The first-order valence-corrected chi connectivity index (χ1v) is 6.11. The van der Waals surface area contributed by atoms with Crippen LogP contribution in [0.25, 0.3) is 0 Å². The van der Waals surface area contributed by atoms with Gasteiger partial charge in [0, 0.05) is 38.6 Å². The zero-order chi connectivity index (χ0) is 10.7. The summed E-state index contributed by atoms with van der Waals surface area (Å²) in [6, 6.07) is 0.480. The lowest BCUT2D eigenvalue weighted by Crippen LogP contribution is -2.44. The van der Waals surface area contributed by atoms with Crippen molar-refractivity contribution in [2.45, 2.75) is 38.6 Å². The third kappa shape index (κ3) is 2.79. The number of rotatable bonds is 1. The molecule has 1 aliphatic heterocycles. The Kier molecular flexibility index (Phi) is 3.76. The van der Waals surface area contributed by atoms with Gasteiger partial charge in [0.25, 0.3) is 0 Å². The van der Waals surface area contributed by atoms with Gasteiger partial charge in [0.2, 0.25) is 0 Å². The van der Waals surface area contributed by atoms with Crippen molar-refractivity contribution in [3.05, 3.63) is 0 Å². The summed E-state index contributed by atoms with van der Waals surface area (Å²) in [5.41, 5.74) is 0. The molecule has 2 atom stereocenters. The summed E-state index contributed by atoms with van der Waals surface area (Å²) in [4.78, 5) is 14.0. The third-order valence-electron chi connectivity index (χ3n) is 3.70. The highest BCUT2D eigenvalue weighted by Crippen LogP contribution is 2.26. The van der Waals surface area contributed by atoms with E-state index in [0.29, 0.717) is 17.7 Å². The van der Waals surface area contributed by atoms with Crippen LogP contribution in [0.2, 0.25) is 0 Å². The summed E-state index contributed by atoms with van der Waals surface area (Å²) in [7, 11) is 0. The molecule has 2 rings (SSSR count). The lowest BCUT2D eigenvalue weighted by Gasteiger charge is -2.37. The molecule has 3 heteroatoms. The quantitative estimate of drug-likeness (QED) is 0.657. The summed E-state index contributed by atoms with van der Waals surface area (Å²) < 4.78 is 5.45. The van der Waals surface area contributed by atoms with Gasteiger partial charge in [-0.05, 0) is 18.8 Å². The number of nitrogens with zero attached hydrogens (tertiary/aromatic N) is 1. The highest BCUT2D eigenvalue weighted by molar-refractivity contribution is 5.79. The molecule has 1 saturated heterocycles. The van der Waals surface area contributed by atoms with Gasteiger partial charge in [0.1, 0.15) is 5.78 Å². The Morgan fingerprint density at radius 2 is 2.20 bits per heavy atom. The molecule has 2 unspecified atom stereocenters. The lowest BCUT2D eigenvalue weighted by molar-refractivity contribution is -0.123. The third-order valence-corrected chi connectivity index (χ3v) is 3.70. The Labute approximate surface area is 91.8 Å². The molecule has 15 heavy (non-hydrogen) atoms. The second-order valence-electron chi connectivity index (χ2n) is 4.83. The Balaban J connectivity index is 1.96. The number of carbonyl (C=O) groups is 1. The van der Waals surface area contributed by atoms with Gasteiger partial charge in [-0.2, -0.15) is 0 Å². The van der Waals surface area contributed by atoms with E-state index in [1.54, 1.807) is 0 Å². The minimum Gasteiger partial charge on any atom is -0.380 e. The molecule has 3 nitrogen and oxygen atoms in total. The van der Waals surface area contributed by atoms with Crippen molar-refractivity contribution < 1.29 is 9.53 Å². The first-order valence-electron chi connectivity index (χ1n) is 6.11. The zero-order valence-corrected chi connectivity index (χ0v) is 9.58. The molecule has 1 aliphatic carbocycles. The van der Waals surface area contributed by atoms with E-state index < -0.39 is 0 Å². The van der Waals surface area contributed by atoms with Gasteiger partial charge >= 0.3 is 0 Å². The maximum atomic E-state index is 11.5. The highest BCUT2D eigenvalue weighted by Gasteiger charge is 2.30. The average molecular weight is 211 g/mol. The van der Waals surface area contributed by atoms with Gasteiger partial charge in [-0.3, -0.25) is 9.69 Å². The zero-order valence-electron chi connectivity index (χ0n) is 9.58. The van der Waals surface area contributed by atoms with E-state index in [1.165, 1.54) is 0 Å². The van der Waals surface area contributed by atoms with Gasteiger partial charge < -0.3 is 4.74 Å². The topological polar surface area (TPSA) is 29.5 Å². The first kappa shape index (κ1) is 11.1. The fraction of sp³-hybridized carbons (Fsp3) is 0.917. The Morgan fingerprint density at radius 1 is 1.33 bits per heavy atom. The van der Waals surface area contributed by atoms with Crippen molar-refractivity contribution in [2.75, 3.05) is 26.3 Å². The number of hydrogen-bond donors (Lipinski definition) is 0. The van der Waals surface area contributed by atoms with E-state index in [-0.39, 0.29) is 0 Å². The van der Waals surface area contributed by atoms with Crippen molar-refractivity contribution in [3.8, 4) is 0 Å². The van der Waals surface area contributed by atoms with Crippen LogP contribution < -0.4 is 0 Å². The molecule has 1 saturated carbocycles. The molecule has 0 aromatic heterocycles. The predicted octanol–water partition coefficient (Wildman–Crippen LogP) is 1.47. The van der Waals surface area contributed by atoms with Gasteiger partial charge in [-0.25, -0.2) is 0 Å². The summed E-state index contributed by atoms with van der Waals surface area (Å²) in [6.45, 7) is 6.09. The highest BCUT2D eigenvalue weighted by atomic mass is 16.5. The predicted molar refractivity (Wildman–Crippen MR) is 58.8 cm³/mol. The summed E-state index contributed by atoms with van der Waals surface area (Å²) in [6.07, 6.45) is 3.74. The molecule has 0 radical (unpaired) electrons. The number of carbonyl (C=O) groups excluding carboxylic acids is 1. The van der Waals surface area contributed by atoms with Gasteiger partial charge in [0.05, 0.1) is 6.61 Å². The summed E-state index contributed by atoms with van der Waals surface area (Å²) in [5, 5.41) is 0. The van der Waals surface area contributed by atoms with E-state index in [2.05, 4.69) is 11.8 Å². The maximum absolute atomic E-state index is 11.5. The van der Waals surface area contributed by atoms with Crippen LogP contribution in [0, 0.1) is 5.92 Å². The Hall–Kier alpha value is -0.410. The van der Waals surface area contributed by atoms with Crippen molar-refractivity contribution in [3.63, 3.8) is 0 Å². The molecule has 0 bridgehead atoms. The van der Waals surface area contributed by atoms with E-state index >= 15 is 0 Å². The number of ketones is 1. The van der Waals surface area contributed by atoms with Gasteiger partial charge in [-0.1, -0.05) is 6.92 Å². The minimum absolute atomic E-state index is 0.447. The second-order valence-corrected chi connectivity index (χ2v) is 4.83. The number of hydrogen-bond acceptors (Lipinski definition) is 3. The van der Waals surface area contributed by atoms with E-state index in [1.807, 2.05) is 0 Å². The normalized spacial score (nSPS) is 35.1. The monoisotopic (exact) mass is 211 g/mol. The molecule has 0 aromatic carbocycles. The van der Waals surface area contributed by atoms with Crippen molar-refractivity contribution in [1.82, 2.24) is 4.90 Å². The summed E-state index contributed by atoms with van der Waals surface area (Å²) in [5.74, 6) is 1.11. The molecule has 0 amide bonds. The SMILES string of the molecule is CC1CCC(=O)CC1N1CCCOCC1. The molecule has 1 heterocycles. The Morgan fingerprint density at radius 3 is 3.07 bits per heavy atom. The molecule has 0 spiro atoms. The van der Waals surface area contributed by atoms with E-state index in [4.69, 9.17) is 4.74 Å². The molecule has 0 aromatic rings. The standard InChI is InChI=1S/C12H21NO2/c1-10-3-4-11(14)9-12(10)13-5-2-7-15-8-6-13/h10,12H,2-9H2,1H3. The van der Waals surface area contributed by atoms with Crippen LogP contribution in [0.5, 0.6) is 0 Å². The van der Waals surface area contributed by atoms with Crippen LogP contribution in [-0.4, -0.2) is 43.0 Å². The van der Waals surface area contributed by atoms with Crippen molar-refractivity contribution >= 4 is 5.78 Å². The lowest BCUT2D eigenvalue weighted by atomic mass is 9.84. The fourth-order valence-electron chi connectivity index (χ4n) is 2.70. The van der Waals surface area contributed by atoms with Crippen LogP contribution in [0.3, 0.4) is 0 Å². The van der Waals surface area contributed by atoms with Crippen LogP contribution in [0.4, 0.5) is 0 Å². The van der Waals surface area contributed by atoms with Gasteiger partial charge in [0.15, 0.2) is 0 Å². The molecule has 0 N–H and O–H groups in total. The molecular weight excluding hydrogens is 190 g/mol. The van der Waals surface area contributed by atoms with Crippen LogP contribution in [0.15, 0.2) is 0 Å². The average Bonchev–Trinajstić information content (AvgIpc) is 2.50. The van der Waals surface area contributed by atoms with E-state index in [0.717, 1.165) is 52.0 Å². The number of ether oxygens (including phenoxy) is 1. The van der Waals surface area contributed by atoms with Crippen molar-refractivity contribution in [1.29, 1.82) is 0 Å². The minimum atomic E-state index is 0.447. The molecular formula is C12H21NO2. The van der Waals surface area contributed by atoms with Gasteiger partial charge in [-0.15, -0.1) is 0 Å². The smallest absolute Gasteiger partial charge is 0.134 e. The first-order chi connectivity index (χ1) is 7.27. The second kappa shape index (κ2) is 5.08. The van der Waals surface area contributed by atoms with Crippen LogP contribution in [-0.2, 0) is 9.53 Å². The Bertz CT molecular complexity index is 222. The molecule has 2 aliphatic rings. The molecule has 2 fully saturated rings. The molecule has 86 valence electrons. The number of Topliss-reactive ketones (excluding diaryl/α,β-unsaturated/α-hetero) is 1. The summed E-state index contributed by atoms with van der Waals surface area (Å²) >= 11 is 0. The fourth-order valence-corrected chi connectivity index (χ4v) is 2.70. The maximum Gasteiger partial charge on any atom is 0.134 e. The van der Waals surface area contributed by atoms with Crippen molar-refractivity contribution in [2.24, 2.45) is 5.92 Å². The van der Waals surface area contributed by atoms with Crippen LogP contribution in [0.1, 0.15) is 32.6 Å². The van der Waals surface area contributed by atoms with E-state index in [9.17, 15) is 4.79 Å². The van der Waals surface area contributed by atoms with Crippen LogP contribution >= 0.6 is 0 Å². The largest absolute Gasteiger partial charge is 0.380 e.